The zero-order valence-corrected chi connectivity index (χ0v) is 11.9. The molecule has 0 heterocycles. The first-order chi connectivity index (χ1) is 9.74. The monoisotopic (exact) mass is 258 g/mol. The van der Waals surface area contributed by atoms with E-state index in [9.17, 15) is 0 Å². The molecule has 98 valence electrons. The highest BCUT2D eigenvalue weighted by molar-refractivity contribution is 5.84. The summed E-state index contributed by atoms with van der Waals surface area (Å²) in [5.74, 6) is 0. The molecule has 3 aromatic carbocycles. The number of aryl methyl sites for hydroxylation is 2. The van der Waals surface area contributed by atoms with Gasteiger partial charge in [-0.05, 0) is 36.1 Å². The van der Waals surface area contributed by atoms with Crippen molar-refractivity contribution in [3.05, 3.63) is 83.9 Å². The van der Waals surface area contributed by atoms with Gasteiger partial charge in [-0.3, -0.25) is 0 Å². The van der Waals surface area contributed by atoms with E-state index in [4.69, 9.17) is 0 Å². The molecular formula is C20H18. The molecule has 0 nitrogen and oxygen atoms in total. The van der Waals surface area contributed by atoms with E-state index in [-0.39, 0.29) is 0 Å². The van der Waals surface area contributed by atoms with Gasteiger partial charge in [0.2, 0.25) is 0 Å². The van der Waals surface area contributed by atoms with E-state index in [2.05, 4.69) is 86.6 Å². The average Bonchev–Trinajstić information content (AvgIpc) is 2.48. The molecule has 0 bridgehead atoms. The van der Waals surface area contributed by atoms with Gasteiger partial charge in [0.25, 0.3) is 0 Å². The number of hydrogen-bond acceptors (Lipinski definition) is 0. The van der Waals surface area contributed by atoms with Gasteiger partial charge >= 0.3 is 0 Å². The molecule has 0 atom stereocenters. The van der Waals surface area contributed by atoms with E-state index in [0.717, 1.165) is 0 Å². The Labute approximate surface area is 120 Å². The fraction of sp³-hybridized carbons (Fsp3) is 0.100. The van der Waals surface area contributed by atoms with E-state index < -0.39 is 0 Å². The normalized spacial score (nSPS) is 10.5. The van der Waals surface area contributed by atoms with Crippen LogP contribution in [0.5, 0.6) is 0 Å². The van der Waals surface area contributed by atoms with Crippen LogP contribution < -0.4 is 0 Å². The predicted octanol–water partition coefficient (Wildman–Crippen LogP) is 5.64. The number of benzene rings is 3. The Bertz CT molecular complexity index is 724. The molecule has 0 radical (unpaired) electrons. The number of rotatable bonds is 2. The SMILES string of the molecule is Cc1cccc(-c2ccc(C)cc2-c2ccccc2)c1. The van der Waals surface area contributed by atoms with Gasteiger partial charge < -0.3 is 0 Å². The van der Waals surface area contributed by atoms with Crippen molar-refractivity contribution in [2.24, 2.45) is 0 Å². The van der Waals surface area contributed by atoms with Gasteiger partial charge in [-0.2, -0.15) is 0 Å². The van der Waals surface area contributed by atoms with Crippen molar-refractivity contribution in [3.63, 3.8) is 0 Å². The lowest BCUT2D eigenvalue weighted by Gasteiger charge is -2.12. The molecule has 0 amide bonds. The molecule has 0 heteroatoms. The van der Waals surface area contributed by atoms with Crippen molar-refractivity contribution in [2.45, 2.75) is 13.8 Å². The van der Waals surface area contributed by atoms with Crippen molar-refractivity contribution in [1.29, 1.82) is 0 Å². The van der Waals surface area contributed by atoms with Gasteiger partial charge in [0, 0.05) is 0 Å². The van der Waals surface area contributed by atoms with Crippen LogP contribution in [0.15, 0.2) is 72.8 Å². The molecule has 0 N–H and O–H groups in total. The first kappa shape index (κ1) is 12.7. The summed E-state index contributed by atoms with van der Waals surface area (Å²) >= 11 is 0. The zero-order valence-electron chi connectivity index (χ0n) is 11.9. The molecule has 3 rings (SSSR count). The molecular weight excluding hydrogens is 240 g/mol. The van der Waals surface area contributed by atoms with Gasteiger partial charge in [0.15, 0.2) is 0 Å². The highest BCUT2D eigenvalue weighted by Crippen LogP contribution is 2.33. The van der Waals surface area contributed by atoms with Crippen molar-refractivity contribution >= 4 is 0 Å². The fourth-order valence-corrected chi connectivity index (χ4v) is 2.58. The van der Waals surface area contributed by atoms with Crippen LogP contribution in [0.4, 0.5) is 0 Å². The molecule has 0 aromatic heterocycles. The Kier molecular flexibility index (Phi) is 3.39. The van der Waals surface area contributed by atoms with Gasteiger partial charge in [0.1, 0.15) is 0 Å². The third kappa shape index (κ3) is 2.50. The maximum Gasteiger partial charge on any atom is -0.0103 e. The molecule has 3 aromatic rings. The van der Waals surface area contributed by atoms with Crippen LogP contribution in [0.25, 0.3) is 22.3 Å². The summed E-state index contributed by atoms with van der Waals surface area (Å²) in [5, 5.41) is 0. The standard InChI is InChI=1S/C20H18/c1-15-7-6-10-18(13-15)19-12-11-16(2)14-20(19)17-8-4-3-5-9-17/h3-14H,1-2H3. The third-order valence-corrected chi connectivity index (χ3v) is 3.59. The first-order valence-electron chi connectivity index (χ1n) is 6.97. The topological polar surface area (TPSA) is 0 Å². The second-order valence-corrected chi connectivity index (χ2v) is 5.28. The fourth-order valence-electron chi connectivity index (χ4n) is 2.58. The molecule has 0 aliphatic carbocycles. The summed E-state index contributed by atoms with van der Waals surface area (Å²) in [7, 11) is 0. The average molecular weight is 258 g/mol. The summed E-state index contributed by atoms with van der Waals surface area (Å²) in [6.07, 6.45) is 0. The summed E-state index contributed by atoms with van der Waals surface area (Å²) < 4.78 is 0. The Morgan fingerprint density at radius 3 is 1.95 bits per heavy atom. The lowest BCUT2D eigenvalue weighted by molar-refractivity contribution is 1.44. The largest absolute Gasteiger partial charge is 0.0622 e. The summed E-state index contributed by atoms with van der Waals surface area (Å²) in [4.78, 5) is 0. The minimum Gasteiger partial charge on any atom is -0.0622 e. The van der Waals surface area contributed by atoms with Gasteiger partial charge in [-0.1, -0.05) is 83.9 Å². The van der Waals surface area contributed by atoms with Crippen LogP contribution in [0, 0.1) is 13.8 Å². The molecule has 0 unspecified atom stereocenters. The predicted molar refractivity (Wildman–Crippen MR) is 86.8 cm³/mol. The van der Waals surface area contributed by atoms with Gasteiger partial charge in [0.05, 0.1) is 0 Å². The lowest BCUT2D eigenvalue weighted by atomic mass is 9.92. The van der Waals surface area contributed by atoms with Crippen molar-refractivity contribution in [2.75, 3.05) is 0 Å². The molecule has 0 saturated heterocycles. The molecule has 0 fully saturated rings. The minimum atomic E-state index is 1.27. The lowest BCUT2D eigenvalue weighted by Crippen LogP contribution is -1.87. The maximum atomic E-state index is 2.27. The Balaban J connectivity index is 2.22. The molecule has 0 spiro atoms. The maximum absolute atomic E-state index is 2.27. The summed E-state index contributed by atoms with van der Waals surface area (Å²) in [5.41, 5.74) is 7.74. The molecule has 0 saturated carbocycles. The van der Waals surface area contributed by atoms with Crippen LogP contribution >= 0.6 is 0 Å². The highest BCUT2D eigenvalue weighted by Gasteiger charge is 2.07. The quantitative estimate of drug-likeness (QED) is 0.558. The summed E-state index contributed by atoms with van der Waals surface area (Å²) in [6, 6.07) is 26.0. The highest BCUT2D eigenvalue weighted by atomic mass is 14.1. The van der Waals surface area contributed by atoms with E-state index in [1.807, 2.05) is 0 Å². The summed E-state index contributed by atoms with van der Waals surface area (Å²) in [6.45, 7) is 4.28. The van der Waals surface area contributed by atoms with Gasteiger partial charge in [-0.25, -0.2) is 0 Å². The van der Waals surface area contributed by atoms with E-state index in [0.29, 0.717) is 0 Å². The Morgan fingerprint density at radius 1 is 0.500 bits per heavy atom. The Morgan fingerprint density at radius 2 is 1.20 bits per heavy atom. The second kappa shape index (κ2) is 5.34. The minimum absolute atomic E-state index is 1.27. The van der Waals surface area contributed by atoms with Crippen LogP contribution in [0.3, 0.4) is 0 Å². The molecule has 0 aliphatic heterocycles. The second-order valence-electron chi connectivity index (χ2n) is 5.28. The van der Waals surface area contributed by atoms with E-state index in [1.54, 1.807) is 0 Å². The van der Waals surface area contributed by atoms with Crippen LogP contribution in [0.1, 0.15) is 11.1 Å². The number of hydrogen-bond donors (Lipinski definition) is 0. The molecule has 0 aliphatic rings. The smallest absolute Gasteiger partial charge is 0.0103 e. The van der Waals surface area contributed by atoms with Crippen LogP contribution in [0.2, 0.25) is 0 Å². The van der Waals surface area contributed by atoms with E-state index in [1.165, 1.54) is 33.4 Å². The zero-order chi connectivity index (χ0) is 13.9. The van der Waals surface area contributed by atoms with E-state index >= 15 is 0 Å². The molecule has 20 heavy (non-hydrogen) atoms. The van der Waals surface area contributed by atoms with Crippen molar-refractivity contribution in [3.8, 4) is 22.3 Å². The van der Waals surface area contributed by atoms with Gasteiger partial charge in [-0.15, -0.1) is 0 Å². The Hall–Kier alpha value is -2.34. The van der Waals surface area contributed by atoms with Crippen molar-refractivity contribution < 1.29 is 0 Å². The van der Waals surface area contributed by atoms with Crippen molar-refractivity contribution in [1.82, 2.24) is 0 Å². The van der Waals surface area contributed by atoms with Crippen LogP contribution in [-0.4, -0.2) is 0 Å². The first-order valence-corrected chi connectivity index (χ1v) is 6.97. The van der Waals surface area contributed by atoms with Crippen LogP contribution in [-0.2, 0) is 0 Å². The third-order valence-electron chi connectivity index (χ3n) is 3.59.